The quantitative estimate of drug-likeness (QED) is 0.266. The minimum Gasteiger partial charge on any atom is -0.462 e. The fourth-order valence-electron chi connectivity index (χ4n) is 7.36. The first-order valence-corrected chi connectivity index (χ1v) is 17.1. The Morgan fingerprint density at radius 2 is 1.20 bits per heavy atom. The molecule has 228 valence electrons. The van der Waals surface area contributed by atoms with Crippen LogP contribution in [0.4, 0.5) is 0 Å². The smallest absolute Gasteiger partial charge is 0.309 e. The van der Waals surface area contributed by atoms with Crippen LogP contribution in [-0.4, -0.2) is 59.0 Å². The van der Waals surface area contributed by atoms with Crippen molar-refractivity contribution < 1.29 is 19.7 Å². The van der Waals surface area contributed by atoms with Crippen molar-refractivity contribution in [1.82, 2.24) is 0 Å². The standard InChI is InChI=1S/C20H33NO4.C14H25N/c22-17-10-8-16(9-11-17)21-13-14-4-6-15(7-5-14)20(24)25-19-3-1-2-18(23)12-19;1-12-7-9-14(10-8-12)15-11-13-5-3-2-4-6-13/h13-19,22-23H,1-12H2;11-14H,2-10H2,1H3. The van der Waals surface area contributed by atoms with Crippen LogP contribution in [0, 0.1) is 23.7 Å². The maximum absolute atomic E-state index is 12.4. The fourth-order valence-corrected chi connectivity index (χ4v) is 7.36. The van der Waals surface area contributed by atoms with Crippen molar-refractivity contribution in [1.29, 1.82) is 0 Å². The summed E-state index contributed by atoms with van der Waals surface area (Å²) in [6, 6.07) is 1.05. The highest BCUT2D eigenvalue weighted by atomic mass is 16.5. The molecular formula is C34H58N2O4. The van der Waals surface area contributed by atoms with Gasteiger partial charge >= 0.3 is 5.97 Å². The summed E-state index contributed by atoms with van der Waals surface area (Å²) in [5, 5.41) is 19.2. The van der Waals surface area contributed by atoms with Gasteiger partial charge in [-0.1, -0.05) is 26.2 Å². The number of esters is 1. The second-order valence-corrected chi connectivity index (χ2v) is 13.9. The maximum atomic E-state index is 12.4. The van der Waals surface area contributed by atoms with Gasteiger partial charge in [0.2, 0.25) is 0 Å². The molecule has 0 spiro atoms. The van der Waals surface area contributed by atoms with Gasteiger partial charge in [-0.05, 0) is 127 Å². The monoisotopic (exact) mass is 558 g/mol. The van der Waals surface area contributed by atoms with Crippen LogP contribution >= 0.6 is 0 Å². The molecule has 0 bridgehead atoms. The van der Waals surface area contributed by atoms with E-state index in [0.717, 1.165) is 82.5 Å². The van der Waals surface area contributed by atoms with Crippen LogP contribution in [0.15, 0.2) is 9.98 Å². The predicted molar refractivity (Wildman–Crippen MR) is 163 cm³/mol. The molecular weight excluding hydrogens is 500 g/mol. The number of aliphatic hydroxyl groups excluding tert-OH is 2. The topological polar surface area (TPSA) is 91.5 Å². The van der Waals surface area contributed by atoms with Crippen LogP contribution in [0.5, 0.6) is 0 Å². The molecule has 0 aromatic rings. The summed E-state index contributed by atoms with van der Waals surface area (Å²) in [6.07, 6.45) is 27.2. The number of nitrogens with zero attached hydrogens (tertiary/aromatic N) is 2. The summed E-state index contributed by atoms with van der Waals surface area (Å²) in [7, 11) is 0. The molecule has 0 heterocycles. The third-order valence-corrected chi connectivity index (χ3v) is 10.3. The Morgan fingerprint density at radius 1 is 0.625 bits per heavy atom. The molecule has 2 unspecified atom stereocenters. The Hall–Kier alpha value is -1.27. The van der Waals surface area contributed by atoms with Crippen molar-refractivity contribution >= 4 is 18.4 Å². The second kappa shape index (κ2) is 17.0. The third kappa shape index (κ3) is 11.2. The molecule has 6 nitrogen and oxygen atoms in total. The van der Waals surface area contributed by atoms with E-state index in [2.05, 4.69) is 19.4 Å². The average molecular weight is 559 g/mol. The van der Waals surface area contributed by atoms with Crippen LogP contribution in [-0.2, 0) is 9.53 Å². The lowest BCUT2D eigenvalue weighted by molar-refractivity contribution is -0.158. The van der Waals surface area contributed by atoms with Gasteiger partial charge in [0, 0.05) is 30.9 Å². The molecule has 5 aliphatic carbocycles. The van der Waals surface area contributed by atoms with Crippen molar-refractivity contribution in [3.8, 4) is 0 Å². The van der Waals surface area contributed by atoms with E-state index in [1.165, 1.54) is 57.8 Å². The van der Waals surface area contributed by atoms with Gasteiger partial charge in [0.25, 0.3) is 0 Å². The van der Waals surface area contributed by atoms with Crippen LogP contribution in [0.25, 0.3) is 0 Å². The van der Waals surface area contributed by atoms with Gasteiger partial charge in [0.1, 0.15) is 6.10 Å². The van der Waals surface area contributed by atoms with E-state index in [9.17, 15) is 15.0 Å². The molecule has 5 rings (SSSR count). The van der Waals surface area contributed by atoms with E-state index in [-0.39, 0.29) is 30.2 Å². The van der Waals surface area contributed by atoms with Crippen molar-refractivity contribution in [2.24, 2.45) is 33.7 Å². The lowest BCUT2D eigenvalue weighted by Crippen LogP contribution is -2.32. The first-order chi connectivity index (χ1) is 19.4. The van der Waals surface area contributed by atoms with E-state index in [1.54, 1.807) is 0 Å². The second-order valence-electron chi connectivity index (χ2n) is 13.9. The molecule has 40 heavy (non-hydrogen) atoms. The first kappa shape index (κ1) is 31.7. The van der Waals surface area contributed by atoms with Gasteiger partial charge in [0.15, 0.2) is 0 Å². The van der Waals surface area contributed by atoms with E-state index >= 15 is 0 Å². The highest BCUT2D eigenvalue weighted by molar-refractivity contribution is 5.73. The lowest BCUT2D eigenvalue weighted by atomic mass is 9.82. The summed E-state index contributed by atoms with van der Waals surface area (Å²) >= 11 is 0. The van der Waals surface area contributed by atoms with Gasteiger partial charge in [-0.25, -0.2) is 0 Å². The maximum Gasteiger partial charge on any atom is 0.309 e. The summed E-state index contributed by atoms with van der Waals surface area (Å²) in [6.45, 7) is 2.38. The van der Waals surface area contributed by atoms with Crippen molar-refractivity contribution in [3.63, 3.8) is 0 Å². The summed E-state index contributed by atoms with van der Waals surface area (Å²) in [5.41, 5.74) is 0. The van der Waals surface area contributed by atoms with Crippen LogP contribution in [0.1, 0.15) is 142 Å². The van der Waals surface area contributed by atoms with Gasteiger partial charge in [-0.3, -0.25) is 14.8 Å². The number of carbonyl (C=O) groups excluding carboxylic acids is 1. The lowest BCUT2D eigenvalue weighted by Gasteiger charge is -2.30. The molecule has 2 N–H and O–H groups in total. The highest BCUT2D eigenvalue weighted by Crippen LogP contribution is 2.31. The molecule has 0 aromatic carbocycles. The number of rotatable bonds is 6. The molecule has 2 atom stereocenters. The van der Waals surface area contributed by atoms with Gasteiger partial charge < -0.3 is 14.9 Å². The Morgan fingerprint density at radius 3 is 1.80 bits per heavy atom. The van der Waals surface area contributed by atoms with E-state index in [4.69, 9.17) is 14.7 Å². The highest BCUT2D eigenvalue weighted by Gasteiger charge is 2.30. The first-order valence-electron chi connectivity index (χ1n) is 17.1. The molecule has 0 aliphatic heterocycles. The number of carbonyl (C=O) groups is 1. The van der Waals surface area contributed by atoms with Gasteiger partial charge in [0.05, 0.1) is 18.1 Å². The number of ether oxygens (including phenoxy) is 1. The largest absolute Gasteiger partial charge is 0.462 e. The molecule has 0 saturated heterocycles. The van der Waals surface area contributed by atoms with Crippen molar-refractivity contribution in [2.45, 2.75) is 172 Å². The Labute approximate surface area is 243 Å². The molecule has 0 amide bonds. The van der Waals surface area contributed by atoms with E-state index in [0.29, 0.717) is 24.4 Å². The SMILES string of the molecule is CC1CCC(N=CC2CCCCC2)CC1.O=C(OC1CCCC(O)C1)C1CCC(C=NC2CCC(O)CC2)CC1. The van der Waals surface area contributed by atoms with Gasteiger partial charge in [-0.15, -0.1) is 0 Å². The minimum atomic E-state index is -0.306. The number of aliphatic imine (C=N–C) groups is 2. The van der Waals surface area contributed by atoms with Crippen molar-refractivity contribution in [3.05, 3.63) is 0 Å². The molecule has 5 fully saturated rings. The molecule has 6 heteroatoms. The minimum absolute atomic E-state index is 0.0218. The fraction of sp³-hybridized carbons (Fsp3) is 0.912. The number of hydrogen-bond donors (Lipinski definition) is 2. The zero-order valence-electron chi connectivity index (χ0n) is 25.3. The zero-order chi connectivity index (χ0) is 28.2. The molecule has 5 aliphatic rings. The van der Waals surface area contributed by atoms with Crippen molar-refractivity contribution in [2.75, 3.05) is 0 Å². The predicted octanol–water partition coefficient (Wildman–Crippen LogP) is 7.23. The Kier molecular flexibility index (Phi) is 13.5. The van der Waals surface area contributed by atoms with E-state index < -0.39 is 0 Å². The zero-order valence-corrected chi connectivity index (χ0v) is 25.3. The molecule has 0 radical (unpaired) electrons. The summed E-state index contributed by atoms with van der Waals surface area (Å²) in [5.74, 6) is 2.21. The Bertz CT molecular complexity index is 771. The average Bonchev–Trinajstić information content (AvgIpc) is 2.98. The summed E-state index contributed by atoms with van der Waals surface area (Å²) in [4.78, 5) is 21.9. The number of aliphatic hydroxyl groups is 2. The van der Waals surface area contributed by atoms with Crippen LogP contribution < -0.4 is 0 Å². The third-order valence-electron chi connectivity index (χ3n) is 10.3. The molecule has 0 aromatic heterocycles. The van der Waals surface area contributed by atoms with Crippen LogP contribution in [0.2, 0.25) is 0 Å². The summed E-state index contributed by atoms with van der Waals surface area (Å²) < 4.78 is 5.65. The molecule has 5 saturated carbocycles. The Balaban J connectivity index is 0.000000210. The van der Waals surface area contributed by atoms with Gasteiger partial charge in [-0.2, -0.15) is 0 Å². The van der Waals surface area contributed by atoms with E-state index in [1.807, 2.05) is 0 Å². The van der Waals surface area contributed by atoms with Crippen LogP contribution in [0.3, 0.4) is 0 Å². The normalized spacial score (nSPS) is 38.1. The number of hydrogen-bond acceptors (Lipinski definition) is 6.